The lowest BCUT2D eigenvalue weighted by Crippen LogP contribution is -2.28. The Hall–Kier alpha value is -3.16. The molecule has 2 aromatic rings. The highest BCUT2D eigenvalue weighted by Crippen LogP contribution is 2.27. The standard InChI is InChI=1S/C27H36N4O4/c1-34-24-13-10-21(18-29-24)23(27(33)35-2)7-3-4-16-31-17-14-20(26(31)32)9-12-22-11-8-19-6-5-15-28-25(19)30-22/h8,10-11,13,18,20,23H,3-7,9,12,14-17H2,1-2H3,(H,28,30)/t20-,23?/m0/s1. The average molecular weight is 481 g/mol. The number of aryl methyl sites for hydroxylation is 2. The fourth-order valence-corrected chi connectivity index (χ4v) is 5.06. The second kappa shape index (κ2) is 12.0. The first-order valence-electron chi connectivity index (χ1n) is 12.7. The molecular formula is C27H36N4O4. The molecule has 188 valence electrons. The molecule has 0 spiro atoms. The number of amides is 1. The fourth-order valence-electron chi connectivity index (χ4n) is 5.06. The Kier molecular flexibility index (Phi) is 8.55. The van der Waals surface area contributed by atoms with E-state index < -0.39 is 0 Å². The number of esters is 1. The highest BCUT2D eigenvalue weighted by Gasteiger charge is 2.31. The van der Waals surface area contributed by atoms with E-state index in [1.807, 2.05) is 11.0 Å². The van der Waals surface area contributed by atoms with Crippen LogP contribution in [-0.4, -0.2) is 60.6 Å². The molecule has 0 radical (unpaired) electrons. The van der Waals surface area contributed by atoms with E-state index >= 15 is 0 Å². The third-order valence-electron chi connectivity index (χ3n) is 7.14. The van der Waals surface area contributed by atoms with Crippen LogP contribution in [0.4, 0.5) is 5.82 Å². The van der Waals surface area contributed by atoms with Crippen molar-refractivity contribution >= 4 is 17.7 Å². The summed E-state index contributed by atoms with van der Waals surface area (Å²) in [5, 5.41) is 3.39. The molecule has 8 nitrogen and oxygen atoms in total. The van der Waals surface area contributed by atoms with Crippen molar-refractivity contribution in [1.29, 1.82) is 0 Å². The number of likely N-dealkylation sites (tertiary alicyclic amines) is 1. The SMILES string of the molecule is COC(=O)C(CCCCN1CC[C@H](CCc2ccc3c(n2)NCCC3)C1=O)c1ccc(OC)nc1. The van der Waals surface area contributed by atoms with Crippen LogP contribution in [0.5, 0.6) is 5.88 Å². The van der Waals surface area contributed by atoms with Gasteiger partial charge in [-0.15, -0.1) is 0 Å². The molecule has 0 bridgehead atoms. The van der Waals surface area contributed by atoms with Gasteiger partial charge in [-0.3, -0.25) is 9.59 Å². The van der Waals surface area contributed by atoms with Crippen molar-refractivity contribution in [2.24, 2.45) is 5.92 Å². The van der Waals surface area contributed by atoms with Gasteiger partial charge in [-0.25, -0.2) is 9.97 Å². The number of aromatic nitrogens is 2. The molecule has 0 saturated carbocycles. The number of carbonyl (C=O) groups excluding carboxylic acids is 2. The first-order chi connectivity index (χ1) is 17.1. The summed E-state index contributed by atoms with van der Waals surface area (Å²) in [7, 11) is 2.97. The van der Waals surface area contributed by atoms with Crippen LogP contribution in [0.1, 0.15) is 61.3 Å². The van der Waals surface area contributed by atoms with E-state index in [2.05, 4.69) is 22.4 Å². The number of ether oxygens (including phenoxy) is 2. The van der Waals surface area contributed by atoms with E-state index in [4.69, 9.17) is 14.5 Å². The monoisotopic (exact) mass is 480 g/mol. The van der Waals surface area contributed by atoms with Gasteiger partial charge in [-0.1, -0.05) is 18.6 Å². The minimum atomic E-state index is -0.362. The zero-order chi connectivity index (χ0) is 24.6. The number of pyridine rings is 2. The number of methoxy groups -OCH3 is 2. The quantitative estimate of drug-likeness (QED) is 0.387. The summed E-state index contributed by atoms with van der Waals surface area (Å²) in [5.74, 6) is 1.24. The molecule has 2 atom stereocenters. The lowest BCUT2D eigenvalue weighted by atomic mass is 9.95. The number of rotatable bonds is 11. The Balaban J connectivity index is 1.22. The largest absolute Gasteiger partial charge is 0.481 e. The number of hydrogen-bond donors (Lipinski definition) is 1. The molecule has 35 heavy (non-hydrogen) atoms. The molecule has 4 rings (SSSR count). The number of anilines is 1. The van der Waals surface area contributed by atoms with Crippen molar-refractivity contribution in [2.75, 3.05) is 39.2 Å². The molecule has 1 unspecified atom stereocenters. The van der Waals surface area contributed by atoms with E-state index in [0.29, 0.717) is 12.3 Å². The van der Waals surface area contributed by atoms with Crippen LogP contribution < -0.4 is 10.1 Å². The zero-order valence-electron chi connectivity index (χ0n) is 20.8. The van der Waals surface area contributed by atoms with E-state index in [-0.39, 0.29) is 23.7 Å². The van der Waals surface area contributed by atoms with Crippen molar-refractivity contribution in [1.82, 2.24) is 14.9 Å². The van der Waals surface area contributed by atoms with E-state index in [0.717, 1.165) is 81.7 Å². The van der Waals surface area contributed by atoms with Crippen LogP contribution in [-0.2, 0) is 27.2 Å². The van der Waals surface area contributed by atoms with E-state index in [1.54, 1.807) is 19.4 Å². The molecule has 1 N–H and O–H groups in total. The predicted octanol–water partition coefficient (Wildman–Crippen LogP) is 3.75. The van der Waals surface area contributed by atoms with Gasteiger partial charge in [0, 0.05) is 43.5 Å². The molecule has 0 aliphatic carbocycles. The number of hydrogen-bond acceptors (Lipinski definition) is 7. The lowest BCUT2D eigenvalue weighted by molar-refractivity contribution is -0.142. The van der Waals surface area contributed by atoms with Crippen molar-refractivity contribution in [2.45, 2.75) is 57.3 Å². The number of fused-ring (bicyclic) bond motifs is 1. The Morgan fingerprint density at radius 2 is 2.11 bits per heavy atom. The van der Waals surface area contributed by atoms with Gasteiger partial charge in [0.2, 0.25) is 11.8 Å². The number of nitrogens with one attached hydrogen (secondary N) is 1. The Bertz CT molecular complexity index is 1010. The highest BCUT2D eigenvalue weighted by atomic mass is 16.5. The molecule has 2 aliphatic heterocycles. The summed E-state index contributed by atoms with van der Waals surface area (Å²) in [4.78, 5) is 36.2. The van der Waals surface area contributed by atoms with Crippen LogP contribution in [0.15, 0.2) is 30.5 Å². The van der Waals surface area contributed by atoms with Gasteiger partial charge in [-0.05, 0) is 62.1 Å². The van der Waals surface area contributed by atoms with Crippen molar-refractivity contribution < 1.29 is 19.1 Å². The molecule has 8 heteroatoms. The summed E-state index contributed by atoms with van der Waals surface area (Å²) in [5.41, 5.74) is 3.17. The maximum atomic E-state index is 12.9. The topological polar surface area (TPSA) is 93.7 Å². The first-order valence-corrected chi connectivity index (χ1v) is 12.7. The minimum absolute atomic E-state index is 0.0778. The van der Waals surface area contributed by atoms with Crippen molar-refractivity contribution in [3.05, 3.63) is 47.3 Å². The molecule has 1 saturated heterocycles. The van der Waals surface area contributed by atoms with E-state index in [9.17, 15) is 9.59 Å². The summed E-state index contributed by atoms with van der Waals surface area (Å²) in [6.45, 7) is 2.52. The molecule has 4 heterocycles. The minimum Gasteiger partial charge on any atom is -0.481 e. The number of unbranched alkanes of at least 4 members (excludes halogenated alkanes) is 1. The third kappa shape index (κ3) is 6.29. The zero-order valence-corrected chi connectivity index (χ0v) is 20.8. The smallest absolute Gasteiger partial charge is 0.313 e. The van der Waals surface area contributed by atoms with Gasteiger partial charge in [0.15, 0.2) is 0 Å². The molecular weight excluding hydrogens is 444 g/mol. The van der Waals surface area contributed by atoms with Gasteiger partial charge >= 0.3 is 5.97 Å². The number of nitrogens with zero attached hydrogens (tertiary/aromatic N) is 3. The number of carbonyl (C=O) groups is 2. The highest BCUT2D eigenvalue weighted by molar-refractivity contribution is 5.80. The van der Waals surface area contributed by atoms with Crippen LogP contribution in [0.25, 0.3) is 0 Å². The average Bonchev–Trinajstić information content (AvgIpc) is 3.26. The lowest BCUT2D eigenvalue weighted by Gasteiger charge is -2.19. The maximum Gasteiger partial charge on any atom is 0.313 e. The van der Waals surface area contributed by atoms with Gasteiger partial charge in [0.1, 0.15) is 5.82 Å². The van der Waals surface area contributed by atoms with Crippen molar-refractivity contribution in [3.8, 4) is 5.88 Å². The second-order valence-electron chi connectivity index (χ2n) is 9.40. The normalized spacial score (nSPS) is 18.1. The molecule has 1 amide bonds. The molecule has 1 fully saturated rings. The van der Waals surface area contributed by atoms with Gasteiger partial charge in [-0.2, -0.15) is 0 Å². The predicted molar refractivity (Wildman–Crippen MR) is 133 cm³/mol. The van der Waals surface area contributed by atoms with Crippen LogP contribution in [0.2, 0.25) is 0 Å². The summed E-state index contributed by atoms with van der Waals surface area (Å²) >= 11 is 0. The third-order valence-corrected chi connectivity index (χ3v) is 7.14. The van der Waals surface area contributed by atoms with Crippen molar-refractivity contribution in [3.63, 3.8) is 0 Å². The van der Waals surface area contributed by atoms with Crippen LogP contribution in [0, 0.1) is 5.92 Å². The molecule has 2 aliphatic rings. The van der Waals surface area contributed by atoms with Gasteiger partial charge in [0.05, 0.1) is 20.1 Å². The maximum absolute atomic E-state index is 12.9. The molecule has 0 aromatic carbocycles. The first kappa shape index (κ1) is 24.9. The fraction of sp³-hybridized carbons (Fsp3) is 0.556. The Morgan fingerprint density at radius 3 is 2.89 bits per heavy atom. The summed E-state index contributed by atoms with van der Waals surface area (Å²) in [6.07, 6.45) is 8.83. The second-order valence-corrected chi connectivity index (χ2v) is 9.40. The van der Waals surface area contributed by atoms with Gasteiger partial charge in [0.25, 0.3) is 0 Å². The van der Waals surface area contributed by atoms with Crippen LogP contribution >= 0.6 is 0 Å². The summed E-state index contributed by atoms with van der Waals surface area (Å²) in [6, 6.07) is 7.90. The van der Waals surface area contributed by atoms with Gasteiger partial charge < -0.3 is 19.7 Å². The summed E-state index contributed by atoms with van der Waals surface area (Å²) < 4.78 is 10.1. The molecule has 2 aromatic heterocycles. The Morgan fingerprint density at radius 1 is 1.23 bits per heavy atom. The van der Waals surface area contributed by atoms with Crippen LogP contribution in [0.3, 0.4) is 0 Å². The Labute approximate surface area is 207 Å². The van der Waals surface area contributed by atoms with E-state index in [1.165, 1.54) is 12.7 Å².